The second-order valence-corrected chi connectivity index (χ2v) is 12.6. The van der Waals surface area contributed by atoms with Crippen molar-refractivity contribution in [3.8, 4) is 5.75 Å². The van der Waals surface area contributed by atoms with Gasteiger partial charge in [-0.05, 0) is 114 Å². The third kappa shape index (κ3) is 5.23. The summed E-state index contributed by atoms with van der Waals surface area (Å²) in [5.74, 6) is -9.44. The van der Waals surface area contributed by atoms with Crippen LogP contribution in [-0.4, -0.2) is 58.5 Å². The van der Waals surface area contributed by atoms with Crippen LogP contribution in [0.5, 0.6) is 5.75 Å². The minimum Gasteiger partial charge on any atom is -0.477 e. The number of hydrogen-bond acceptors (Lipinski definition) is 7. The van der Waals surface area contributed by atoms with Gasteiger partial charge in [-0.1, -0.05) is 0 Å². The Balaban J connectivity index is 1.63. The maximum atomic E-state index is 14.4. The number of halogens is 4. The first-order valence-corrected chi connectivity index (χ1v) is 13.8. The summed E-state index contributed by atoms with van der Waals surface area (Å²) in [4.78, 5) is 37.8. The summed E-state index contributed by atoms with van der Waals surface area (Å²) in [7, 11) is 0. The number of aliphatic hydroxyl groups excluding tert-OH is 2. The number of esters is 2. The molecule has 4 fully saturated rings. The van der Waals surface area contributed by atoms with Crippen molar-refractivity contribution in [1.82, 2.24) is 0 Å². The van der Waals surface area contributed by atoms with E-state index >= 15 is 0 Å². The maximum Gasteiger partial charge on any atom is 0.378 e. The molecule has 1 aromatic carbocycles. The monoisotopic (exact) mass is 734 g/mol. The molecule has 0 aromatic heterocycles. The molecule has 0 saturated heterocycles. The molecule has 1 atom stereocenters. The Morgan fingerprint density at radius 3 is 2.03 bits per heavy atom. The highest BCUT2D eigenvalue weighted by Crippen LogP contribution is 2.60. The van der Waals surface area contributed by atoms with Gasteiger partial charge in [0.25, 0.3) is 0 Å². The smallest absolute Gasteiger partial charge is 0.378 e. The number of aliphatic carboxylic acids is 1. The Bertz CT molecular complexity index is 1020. The lowest BCUT2D eigenvalue weighted by Crippen LogP contribution is -2.51. The van der Waals surface area contributed by atoms with Crippen molar-refractivity contribution in [2.75, 3.05) is 13.2 Å². The Kier molecular flexibility index (Phi) is 8.18. The zero-order valence-electron chi connectivity index (χ0n) is 19.1. The molecule has 4 aliphatic carbocycles. The zero-order valence-corrected chi connectivity index (χ0v) is 23.4. The van der Waals surface area contributed by atoms with E-state index in [0.717, 1.165) is 38.5 Å². The molecule has 1 unspecified atom stereocenters. The predicted molar refractivity (Wildman–Crippen MR) is 138 cm³/mol. The van der Waals surface area contributed by atoms with Gasteiger partial charge in [0.1, 0.15) is 5.56 Å². The first-order chi connectivity index (χ1) is 16.9. The van der Waals surface area contributed by atoms with Crippen LogP contribution in [0, 0.1) is 36.2 Å². The fraction of sp³-hybridized carbons (Fsp3) is 0.625. The van der Waals surface area contributed by atoms with Gasteiger partial charge in [0, 0.05) is 9.49 Å². The number of aliphatic hydroxyl groups is 2. The first-order valence-electron chi connectivity index (χ1n) is 11.7. The molecule has 1 aromatic rings. The average molecular weight is 734 g/mol. The highest BCUT2D eigenvalue weighted by atomic mass is 127. The number of carboxylic acids is 1. The molecule has 0 amide bonds. The predicted octanol–water partition coefficient (Wildman–Crippen LogP) is 3.86. The van der Waals surface area contributed by atoms with Gasteiger partial charge in [-0.2, -0.15) is 8.78 Å². The van der Waals surface area contributed by atoms with E-state index in [1.807, 2.05) is 45.2 Å². The molecule has 0 spiro atoms. The SMILES string of the molecule is O=C(OC(C(CO)CO)C(F)(F)C(=O)O)c1cc(I)cc(I)c1OC(=O)C12CC3CC(CC(C3)C1)C2. The van der Waals surface area contributed by atoms with Crippen LogP contribution in [0.1, 0.15) is 48.9 Å². The van der Waals surface area contributed by atoms with E-state index < -0.39 is 54.5 Å². The van der Waals surface area contributed by atoms with E-state index in [0.29, 0.717) is 24.9 Å². The second-order valence-electron chi connectivity index (χ2n) is 10.2. The highest BCUT2D eigenvalue weighted by molar-refractivity contribution is 14.1. The van der Waals surface area contributed by atoms with Crippen LogP contribution in [0.2, 0.25) is 0 Å². The highest BCUT2D eigenvalue weighted by Gasteiger charge is 2.56. The van der Waals surface area contributed by atoms with Crippen LogP contribution >= 0.6 is 45.2 Å². The molecule has 4 bridgehead atoms. The van der Waals surface area contributed by atoms with Crippen LogP contribution in [0.15, 0.2) is 12.1 Å². The molecule has 0 heterocycles. The topological polar surface area (TPSA) is 130 Å². The number of hydrogen-bond donors (Lipinski definition) is 3. The van der Waals surface area contributed by atoms with Crippen molar-refractivity contribution in [2.45, 2.75) is 50.6 Å². The molecule has 12 heteroatoms. The summed E-state index contributed by atoms with van der Waals surface area (Å²) in [6.45, 7) is -2.09. The van der Waals surface area contributed by atoms with Gasteiger partial charge in [0.05, 0.1) is 22.2 Å². The number of carbonyl (C=O) groups is 3. The molecule has 5 rings (SSSR count). The summed E-state index contributed by atoms with van der Waals surface area (Å²) < 4.78 is 40.5. The van der Waals surface area contributed by atoms with Gasteiger partial charge in [-0.25, -0.2) is 9.59 Å². The minimum atomic E-state index is -4.59. The van der Waals surface area contributed by atoms with E-state index in [4.69, 9.17) is 14.6 Å². The second kappa shape index (κ2) is 10.6. The standard InChI is InChI=1S/C24H26F2I2O8/c25-24(26,21(32)33)19(14(9-29)10-30)36-20(31)16-4-15(27)5-17(28)18(16)35-22(34)23-6-11-1-12(7-23)3-13(2-11)8-23/h4-5,11-14,19,29-30H,1-3,6-10H2,(H,32,33). The molecule has 0 radical (unpaired) electrons. The summed E-state index contributed by atoms with van der Waals surface area (Å²) in [5.41, 5.74) is -0.954. The Labute approximate surface area is 233 Å². The molecule has 3 N–H and O–H groups in total. The van der Waals surface area contributed by atoms with Gasteiger partial charge in [0.15, 0.2) is 11.9 Å². The molecular formula is C24H26F2I2O8. The lowest BCUT2D eigenvalue weighted by atomic mass is 9.49. The summed E-state index contributed by atoms with van der Waals surface area (Å²) in [6, 6.07) is 2.95. The third-order valence-corrected chi connectivity index (χ3v) is 9.09. The van der Waals surface area contributed by atoms with Gasteiger partial charge < -0.3 is 24.8 Å². The number of carboxylic acid groups (broad SMARTS) is 1. The van der Waals surface area contributed by atoms with Crippen molar-refractivity contribution < 1.29 is 48.0 Å². The number of ether oxygens (including phenoxy) is 2. The molecule has 8 nitrogen and oxygen atoms in total. The molecule has 0 aliphatic heterocycles. The summed E-state index contributed by atoms with van der Waals surface area (Å²) in [6.07, 6.45) is 2.85. The van der Waals surface area contributed by atoms with Gasteiger partial charge in [0.2, 0.25) is 0 Å². The lowest BCUT2D eigenvalue weighted by molar-refractivity contribution is -0.191. The Morgan fingerprint density at radius 1 is 1.03 bits per heavy atom. The van der Waals surface area contributed by atoms with E-state index in [-0.39, 0.29) is 11.3 Å². The normalized spacial score (nSPS) is 27.7. The fourth-order valence-corrected chi connectivity index (χ4v) is 8.35. The van der Waals surface area contributed by atoms with Gasteiger partial charge in [-0.15, -0.1) is 0 Å². The molecule has 4 saturated carbocycles. The third-order valence-electron chi connectivity index (χ3n) is 7.67. The summed E-state index contributed by atoms with van der Waals surface area (Å²) in [5, 5.41) is 27.8. The van der Waals surface area contributed by atoms with E-state index in [1.54, 1.807) is 6.07 Å². The summed E-state index contributed by atoms with van der Waals surface area (Å²) >= 11 is 3.78. The molecule has 36 heavy (non-hydrogen) atoms. The van der Waals surface area contributed by atoms with Crippen LogP contribution in [-0.2, 0) is 14.3 Å². The van der Waals surface area contributed by atoms with Crippen molar-refractivity contribution in [2.24, 2.45) is 29.1 Å². The average Bonchev–Trinajstić information content (AvgIpc) is 2.79. The van der Waals surface area contributed by atoms with Crippen LogP contribution in [0.3, 0.4) is 0 Å². The van der Waals surface area contributed by atoms with Gasteiger partial charge in [-0.3, -0.25) is 4.79 Å². The largest absolute Gasteiger partial charge is 0.477 e. The minimum absolute atomic E-state index is 0.135. The fourth-order valence-electron chi connectivity index (χ4n) is 6.39. The van der Waals surface area contributed by atoms with Crippen LogP contribution in [0.4, 0.5) is 8.78 Å². The van der Waals surface area contributed by atoms with E-state index in [1.165, 1.54) is 6.07 Å². The molecule has 4 aliphatic rings. The number of rotatable bonds is 9. The van der Waals surface area contributed by atoms with E-state index in [2.05, 4.69) is 0 Å². The Morgan fingerprint density at radius 2 is 1.56 bits per heavy atom. The van der Waals surface area contributed by atoms with Crippen molar-refractivity contribution in [3.05, 3.63) is 24.8 Å². The maximum absolute atomic E-state index is 14.4. The molecular weight excluding hydrogens is 708 g/mol. The van der Waals surface area contributed by atoms with Crippen molar-refractivity contribution >= 4 is 63.1 Å². The Hall–Kier alpha value is -1.13. The van der Waals surface area contributed by atoms with Crippen LogP contribution < -0.4 is 4.74 Å². The first kappa shape index (κ1) is 27.9. The quantitative estimate of drug-likeness (QED) is 0.198. The number of benzene rings is 1. The van der Waals surface area contributed by atoms with Crippen molar-refractivity contribution in [1.29, 1.82) is 0 Å². The van der Waals surface area contributed by atoms with Gasteiger partial charge >= 0.3 is 23.8 Å². The zero-order chi connectivity index (χ0) is 26.4. The van der Waals surface area contributed by atoms with Crippen molar-refractivity contribution in [3.63, 3.8) is 0 Å². The lowest BCUT2D eigenvalue weighted by Gasteiger charge is -2.55. The number of carbonyl (C=O) groups excluding carboxylic acids is 2. The number of alkyl halides is 2. The van der Waals surface area contributed by atoms with E-state index in [9.17, 15) is 33.4 Å². The van der Waals surface area contributed by atoms with Crippen LogP contribution in [0.25, 0.3) is 0 Å². The molecule has 198 valence electrons.